The lowest BCUT2D eigenvalue weighted by atomic mass is 10.0. The molecule has 1 atom stereocenters. The van der Waals surface area contributed by atoms with E-state index in [0.29, 0.717) is 23.8 Å². The molecule has 1 amide bonds. The van der Waals surface area contributed by atoms with Crippen molar-refractivity contribution in [2.75, 3.05) is 25.5 Å². The number of rotatable bonds is 3. The standard InChI is InChI=1S/C11H18N4O2/c1-15-10(9(12)6-14-15)11(16)13-5-8-3-2-4-17-7-8/h6,8H,2-5,7,12H2,1H3,(H,13,16). The van der Waals surface area contributed by atoms with Crippen LogP contribution >= 0.6 is 0 Å². The van der Waals surface area contributed by atoms with Crippen molar-refractivity contribution < 1.29 is 9.53 Å². The minimum atomic E-state index is -0.173. The van der Waals surface area contributed by atoms with Gasteiger partial charge in [-0.3, -0.25) is 9.48 Å². The van der Waals surface area contributed by atoms with E-state index in [1.807, 2.05) is 0 Å². The van der Waals surface area contributed by atoms with Crippen LogP contribution in [0, 0.1) is 5.92 Å². The van der Waals surface area contributed by atoms with E-state index >= 15 is 0 Å². The SMILES string of the molecule is Cn1ncc(N)c1C(=O)NCC1CCCOC1. The van der Waals surface area contributed by atoms with Gasteiger partial charge >= 0.3 is 0 Å². The van der Waals surface area contributed by atoms with Gasteiger partial charge < -0.3 is 15.8 Å². The lowest BCUT2D eigenvalue weighted by Gasteiger charge is -2.22. The van der Waals surface area contributed by atoms with Crippen LogP contribution in [0.5, 0.6) is 0 Å². The van der Waals surface area contributed by atoms with Gasteiger partial charge in [0.05, 0.1) is 18.5 Å². The number of ether oxygens (including phenoxy) is 1. The van der Waals surface area contributed by atoms with E-state index in [0.717, 1.165) is 26.1 Å². The minimum absolute atomic E-state index is 0.173. The summed E-state index contributed by atoms with van der Waals surface area (Å²) in [5.41, 5.74) is 6.51. The highest BCUT2D eigenvalue weighted by Crippen LogP contribution is 2.13. The van der Waals surface area contributed by atoms with E-state index in [1.54, 1.807) is 7.05 Å². The van der Waals surface area contributed by atoms with Crippen LogP contribution < -0.4 is 11.1 Å². The maximum Gasteiger partial charge on any atom is 0.271 e. The summed E-state index contributed by atoms with van der Waals surface area (Å²) in [7, 11) is 1.70. The topological polar surface area (TPSA) is 82.2 Å². The Labute approximate surface area is 100 Å². The molecule has 0 saturated carbocycles. The first-order valence-electron chi connectivity index (χ1n) is 5.82. The quantitative estimate of drug-likeness (QED) is 0.785. The van der Waals surface area contributed by atoms with Crippen LogP contribution in [0.1, 0.15) is 23.3 Å². The second-order valence-electron chi connectivity index (χ2n) is 4.37. The molecule has 94 valence electrons. The Bertz CT molecular complexity index is 377. The lowest BCUT2D eigenvalue weighted by Crippen LogP contribution is -2.34. The highest BCUT2D eigenvalue weighted by Gasteiger charge is 2.18. The van der Waals surface area contributed by atoms with Crippen LogP contribution in [0.4, 0.5) is 5.69 Å². The number of hydrogen-bond acceptors (Lipinski definition) is 4. The smallest absolute Gasteiger partial charge is 0.271 e. The zero-order valence-corrected chi connectivity index (χ0v) is 9.98. The molecule has 1 fully saturated rings. The average Bonchev–Trinajstić information content (AvgIpc) is 2.67. The summed E-state index contributed by atoms with van der Waals surface area (Å²) >= 11 is 0. The molecule has 1 aliphatic heterocycles. The van der Waals surface area contributed by atoms with Gasteiger partial charge in [0.15, 0.2) is 0 Å². The van der Waals surface area contributed by atoms with Gasteiger partial charge in [-0.25, -0.2) is 0 Å². The largest absolute Gasteiger partial charge is 0.396 e. The monoisotopic (exact) mass is 238 g/mol. The predicted octanol–water partition coefficient (Wildman–Crippen LogP) is 0.159. The lowest BCUT2D eigenvalue weighted by molar-refractivity contribution is 0.0535. The number of nitrogens with one attached hydrogen (secondary N) is 1. The van der Waals surface area contributed by atoms with Gasteiger partial charge in [0, 0.05) is 20.2 Å². The van der Waals surface area contributed by atoms with Gasteiger partial charge in [-0.2, -0.15) is 5.10 Å². The fraction of sp³-hybridized carbons (Fsp3) is 0.636. The van der Waals surface area contributed by atoms with Crippen molar-refractivity contribution in [3.8, 4) is 0 Å². The second-order valence-corrected chi connectivity index (χ2v) is 4.37. The fourth-order valence-corrected chi connectivity index (χ4v) is 2.02. The number of aromatic nitrogens is 2. The Morgan fingerprint density at radius 1 is 1.76 bits per heavy atom. The Morgan fingerprint density at radius 3 is 3.18 bits per heavy atom. The highest BCUT2D eigenvalue weighted by molar-refractivity contribution is 5.97. The third kappa shape index (κ3) is 2.76. The molecule has 2 rings (SSSR count). The van der Waals surface area contributed by atoms with E-state index in [1.165, 1.54) is 10.9 Å². The van der Waals surface area contributed by atoms with E-state index in [-0.39, 0.29) is 5.91 Å². The van der Waals surface area contributed by atoms with Gasteiger partial charge in [0.25, 0.3) is 5.91 Å². The van der Waals surface area contributed by atoms with Gasteiger partial charge in [-0.05, 0) is 18.8 Å². The molecule has 1 saturated heterocycles. The van der Waals surface area contributed by atoms with Crippen LogP contribution in [0.15, 0.2) is 6.20 Å². The van der Waals surface area contributed by atoms with Gasteiger partial charge in [-0.1, -0.05) is 0 Å². The number of anilines is 1. The number of carbonyl (C=O) groups is 1. The Hall–Kier alpha value is -1.56. The van der Waals surface area contributed by atoms with Crippen molar-refractivity contribution >= 4 is 11.6 Å². The molecule has 0 spiro atoms. The molecule has 0 aliphatic carbocycles. The molecule has 1 aliphatic rings. The maximum absolute atomic E-state index is 11.9. The molecule has 1 aromatic rings. The molecular formula is C11H18N4O2. The van der Waals surface area contributed by atoms with Crippen molar-refractivity contribution in [2.24, 2.45) is 13.0 Å². The van der Waals surface area contributed by atoms with Crippen LogP contribution in [-0.4, -0.2) is 35.4 Å². The summed E-state index contributed by atoms with van der Waals surface area (Å²) in [6, 6.07) is 0. The van der Waals surface area contributed by atoms with Crippen LogP contribution in [0.25, 0.3) is 0 Å². The number of carbonyl (C=O) groups excluding carboxylic acids is 1. The first-order valence-corrected chi connectivity index (χ1v) is 5.82. The first-order chi connectivity index (χ1) is 8.18. The van der Waals surface area contributed by atoms with E-state index in [9.17, 15) is 4.79 Å². The van der Waals surface area contributed by atoms with Gasteiger partial charge in [-0.15, -0.1) is 0 Å². The van der Waals surface area contributed by atoms with Crippen LogP contribution in [0.3, 0.4) is 0 Å². The zero-order valence-electron chi connectivity index (χ0n) is 9.98. The number of amides is 1. The molecule has 6 nitrogen and oxygen atoms in total. The molecule has 1 unspecified atom stereocenters. The highest BCUT2D eigenvalue weighted by atomic mass is 16.5. The Morgan fingerprint density at radius 2 is 2.59 bits per heavy atom. The van der Waals surface area contributed by atoms with E-state index < -0.39 is 0 Å². The summed E-state index contributed by atoms with van der Waals surface area (Å²) in [5.74, 6) is 0.232. The van der Waals surface area contributed by atoms with E-state index in [2.05, 4.69) is 10.4 Å². The number of aryl methyl sites for hydroxylation is 1. The second kappa shape index (κ2) is 5.18. The maximum atomic E-state index is 11.9. The zero-order chi connectivity index (χ0) is 12.3. The number of nitrogen functional groups attached to an aromatic ring is 1. The summed E-state index contributed by atoms with van der Waals surface area (Å²) in [5, 5.41) is 6.81. The van der Waals surface area contributed by atoms with E-state index in [4.69, 9.17) is 10.5 Å². The number of hydrogen-bond donors (Lipinski definition) is 2. The first kappa shape index (κ1) is 11.9. The van der Waals surface area contributed by atoms with Crippen molar-refractivity contribution in [2.45, 2.75) is 12.8 Å². The summed E-state index contributed by atoms with van der Waals surface area (Å²) < 4.78 is 6.85. The van der Waals surface area contributed by atoms with Crippen molar-refractivity contribution in [3.63, 3.8) is 0 Å². The van der Waals surface area contributed by atoms with Crippen LogP contribution in [0.2, 0.25) is 0 Å². The fourth-order valence-electron chi connectivity index (χ4n) is 2.02. The predicted molar refractivity (Wildman–Crippen MR) is 63.5 cm³/mol. The molecule has 0 bridgehead atoms. The molecule has 1 aromatic heterocycles. The summed E-state index contributed by atoms with van der Waals surface area (Å²) in [4.78, 5) is 11.9. The van der Waals surface area contributed by atoms with Gasteiger partial charge in [0.2, 0.25) is 0 Å². The molecular weight excluding hydrogens is 220 g/mol. The van der Waals surface area contributed by atoms with Crippen molar-refractivity contribution in [3.05, 3.63) is 11.9 Å². The third-order valence-corrected chi connectivity index (χ3v) is 2.99. The van der Waals surface area contributed by atoms with Crippen molar-refractivity contribution in [1.29, 1.82) is 0 Å². The molecule has 0 aromatic carbocycles. The van der Waals surface area contributed by atoms with Crippen molar-refractivity contribution in [1.82, 2.24) is 15.1 Å². The van der Waals surface area contributed by atoms with Gasteiger partial charge in [0.1, 0.15) is 5.69 Å². The molecule has 17 heavy (non-hydrogen) atoms. The summed E-state index contributed by atoms with van der Waals surface area (Å²) in [6.07, 6.45) is 3.65. The molecule has 6 heteroatoms. The summed E-state index contributed by atoms with van der Waals surface area (Å²) in [6.45, 7) is 2.18. The Kier molecular flexibility index (Phi) is 3.63. The number of nitrogens with two attached hydrogens (primary N) is 1. The normalized spacial score (nSPS) is 20.2. The molecule has 2 heterocycles. The number of nitrogens with zero attached hydrogens (tertiary/aromatic N) is 2. The minimum Gasteiger partial charge on any atom is -0.396 e. The third-order valence-electron chi connectivity index (χ3n) is 2.99. The Balaban J connectivity index is 1.89. The van der Waals surface area contributed by atoms with Crippen LogP contribution in [-0.2, 0) is 11.8 Å². The molecule has 0 radical (unpaired) electrons. The average molecular weight is 238 g/mol. The molecule has 3 N–H and O–H groups in total.